The van der Waals surface area contributed by atoms with Crippen molar-refractivity contribution in [2.45, 2.75) is 0 Å². The lowest BCUT2D eigenvalue weighted by atomic mass is 10.2. The van der Waals surface area contributed by atoms with Gasteiger partial charge in [0, 0.05) is 5.92 Å². The van der Waals surface area contributed by atoms with Gasteiger partial charge < -0.3 is 29.1 Å². The maximum atomic E-state index is 9.85. The maximum absolute atomic E-state index is 9.85. The molecule has 0 aromatic carbocycles. The lowest BCUT2D eigenvalue weighted by Crippen LogP contribution is -2.23. The maximum Gasteiger partial charge on any atom is 0.0596 e. The Labute approximate surface area is 63.7 Å². The molecule has 6 nitrogen and oxygen atoms in total. The lowest BCUT2D eigenvalue weighted by Gasteiger charge is -2.29. The van der Waals surface area contributed by atoms with Crippen LogP contribution in [-0.4, -0.2) is 30.0 Å². The average molecular weight is 184 g/mol. The zero-order valence-electron chi connectivity index (χ0n) is 5.67. The molecule has 11 heavy (non-hydrogen) atoms. The van der Waals surface area contributed by atoms with E-state index in [1.54, 1.807) is 0 Å². The second kappa shape index (κ2) is 4.82. The molecule has 0 aliphatic carbocycles. The molecule has 0 aromatic heterocycles. The summed E-state index contributed by atoms with van der Waals surface area (Å²) in [7, 11) is -4.97. The Morgan fingerprint density at radius 3 is 2.09 bits per heavy atom. The van der Waals surface area contributed by atoms with Crippen molar-refractivity contribution < 1.29 is 29.1 Å². The van der Waals surface area contributed by atoms with Crippen LogP contribution in [0.3, 0.4) is 0 Å². The van der Waals surface area contributed by atoms with Crippen LogP contribution in [0.4, 0.5) is 0 Å². The fraction of sp³-hybridized carbons (Fsp3) is 1.00. The highest BCUT2D eigenvalue weighted by atomic mass is 31.2. The van der Waals surface area contributed by atoms with Crippen molar-refractivity contribution in [2.75, 3.05) is 19.8 Å². The van der Waals surface area contributed by atoms with Crippen LogP contribution in [0.5, 0.6) is 0 Å². The molecule has 0 unspecified atom stereocenters. The molecule has 0 saturated heterocycles. The molecule has 0 aliphatic rings. The van der Waals surface area contributed by atoms with Crippen LogP contribution in [0.1, 0.15) is 0 Å². The van der Waals surface area contributed by atoms with E-state index in [-0.39, 0.29) is 0 Å². The molecule has 0 heterocycles. The molecular weight excluding hydrogens is 175 g/mol. The minimum atomic E-state index is -4.97. The molecule has 0 bridgehead atoms. The number of aliphatic hydroxyl groups is 2. The van der Waals surface area contributed by atoms with Gasteiger partial charge in [-0.05, 0) is 0 Å². The van der Waals surface area contributed by atoms with Gasteiger partial charge in [-0.1, -0.05) is 0 Å². The summed E-state index contributed by atoms with van der Waals surface area (Å²) in [6.07, 6.45) is 0. The lowest BCUT2D eigenvalue weighted by molar-refractivity contribution is -0.342. The molecule has 0 radical (unpaired) electrons. The first-order valence-corrected chi connectivity index (χ1v) is 4.34. The Balaban J connectivity index is 3.59. The van der Waals surface area contributed by atoms with Crippen LogP contribution >= 0.6 is 7.82 Å². The summed E-state index contributed by atoms with van der Waals surface area (Å²) in [5.74, 6) is -0.716. The van der Waals surface area contributed by atoms with Gasteiger partial charge in [-0.15, -0.1) is 0 Å². The predicted molar refractivity (Wildman–Crippen MR) is 31.2 cm³/mol. The number of phosphoric ester groups is 1. The van der Waals surface area contributed by atoms with Crippen LogP contribution in [0.15, 0.2) is 0 Å². The minimum Gasteiger partial charge on any atom is -0.790 e. The summed E-state index contributed by atoms with van der Waals surface area (Å²) < 4.78 is 13.7. The van der Waals surface area contributed by atoms with Crippen molar-refractivity contribution >= 4 is 7.82 Å². The van der Waals surface area contributed by atoms with Crippen molar-refractivity contribution in [1.82, 2.24) is 0 Å². The van der Waals surface area contributed by atoms with E-state index in [0.29, 0.717) is 0 Å². The third kappa shape index (κ3) is 6.43. The molecule has 0 spiro atoms. The van der Waals surface area contributed by atoms with Gasteiger partial charge in [-0.3, -0.25) is 0 Å². The van der Waals surface area contributed by atoms with E-state index in [0.717, 1.165) is 0 Å². The van der Waals surface area contributed by atoms with E-state index in [2.05, 4.69) is 4.52 Å². The zero-order valence-corrected chi connectivity index (χ0v) is 6.57. The highest BCUT2D eigenvalue weighted by Gasteiger charge is 2.05. The van der Waals surface area contributed by atoms with Gasteiger partial charge in [-0.2, -0.15) is 0 Å². The summed E-state index contributed by atoms with van der Waals surface area (Å²) in [6.45, 7) is -1.32. The molecule has 0 aromatic rings. The van der Waals surface area contributed by atoms with Crippen molar-refractivity contribution in [3.63, 3.8) is 0 Å². The molecule has 0 amide bonds. The van der Waals surface area contributed by atoms with Crippen LogP contribution in [-0.2, 0) is 9.09 Å². The van der Waals surface area contributed by atoms with E-state index >= 15 is 0 Å². The fourth-order valence-electron chi connectivity index (χ4n) is 0.360. The number of hydrogen-bond acceptors (Lipinski definition) is 6. The van der Waals surface area contributed by atoms with Crippen LogP contribution in [0.25, 0.3) is 0 Å². The van der Waals surface area contributed by atoms with Crippen molar-refractivity contribution in [3.8, 4) is 0 Å². The van der Waals surface area contributed by atoms with Gasteiger partial charge in [0.05, 0.1) is 27.6 Å². The molecule has 68 valence electrons. The van der Waals surface area contributed by atoms with Crippen molar-refractivity contribution in [3.05, 3.63) is 0 Å². The number of hydrogen-bond donors (Lipinski definition) is 2. The fourth-order valence-corrected chi connectivity index (χ4v) is 0.753. The molecule has 0 saturated carbocycles. The Kier molecular flexibility index (Phi) is 4.83. The molecule has 7 heteroatoms. The Morgan fingerprint density at radius 1 is 1.36 bits per heavy atom. The first-order valence-electron chi connectivity index (χ1n) is 2.88. The summed E-state index contributed by atoms with van der Waals surface area (Å²) >= 11 is 0. The van der Waals surface area contributed by atoms with Gasteiger partial charge in [0.15, 0.2) is 0 Å². The van der Waals surface area contributed by atoms with E-state index in [4.69, 9.17) is 10.2 Å². The van der Waals surface area contributed by atoms with Gasteiger partial charge in [-0.25, -0.2) is 0 Å². The number of aliphatic hydroxyl groups excluding tert-OH is 2. The Hall–Kier alpha value is 0.0300. The first kappa shape index (κ1) is 11.0. The van der Waals surface area contributed by atoms with Gasteiger partial charge in [0.2, 0.25) is 0 Å². The normalized spacial score (nSPS) is 12.5. The molecule has 2 N–H and O–H groups in total. The van der Waals surface area contributed by atoms with Gasteiger partial charge >= 0.3 is 0 Å². The number of phosphoric acid groups is 1. The van der Waals surface area contributed by atoms with E-state index in [9.17, 15) is 14.4 Å². The van der Waals surface area contributed by atoms with Crippen molar-refractivity contribution in [1.29, 1.82) is 0 Å². The third-order valence-electron chi connectivity index (χ3n) is 0.985. The third-order valence-corrected chi connectivity index (χ3v) is 1.45. The van der Waals surface area contributed by atoms with E-state index < -0.39 is 33.6 Å². The SMILES string of the molecule is O=P([O-])([O-])OCC(CO)CO. The Bertz CT molecular complexity index is 138. The summed E-state index contributed by atoms with van der Waals surface area (Å²) in [5.41, 5.74) is 0. The summed E-state index contributed by atoms with van der Waals surface area (Å²) in [4.78, 5) is 19.7. The monoisotopic (exact) mass is 184 g/mol. The zero-order chi connectivity index (χ0) is 8.91. The van der Waals surface area contributed by atoms with E-state index in [1.807, 2.05) is 0 Å². The average Bonchev–Trinajstić information content (AvgIpc) is 1.88. The van der Waals surface area contributed by atoms with Crippen LogP contribution < -0.4 is 9.79 Å². The molecule has 0 aliphatic heterocycles. The summed E-state index contributed by atoms with van der Waals surface area (Å²) in [6, 6.07) is 0. The highest BCUT2D eigenvalue weighted by Crippen LogP contribution is 2.25. The smallest absolute Gasteiger partial charge is 0.0596 e. The van der Waals surface area contributed by atoms with Gasteiger partial charge in [0.25, 0.3) is 0 Å². The highest BCUT2D eigenvalue weighted by molar-refractivity contribution is 7.43. The summed E-state index contributed by atoms with van der Waals surface area (Å²) in [5, 5.41) is 16.8. The topological polar surface area (TPSA) is 113 Å². The molecule has 0 rings (SSSR count). The van der Waals surface area contributed by atoms with Crippen LogP contribution in [0.2, 0.25) is 0 Å². The second-order valence-corrected chi connectivity index (χ2v) is 3.13. The molecule has 0 fully saturated rings. The van der Waals surface area contributed by atoms with Crippen LogP contribution in [0, 0.1) is 5.92 Å². The van der Waals surface area contributed by atoms with E-state index in [1.165, 1.54) is 0 Å². The van der Waals surface area contributed by atoms with Gasteiger partial charge in [0.1, 0.15) is 0 Å². The predicted octanol–water partition coefficient (Wildman–Crippen LogP) is -2.57. The molecule has 0 atom stereocenters. The van der Waals surface area contributed by atoms with Crippen molar-refractivity contribution in [2.24, 2.45) is 5.92 Å². The quantitative estimate of drug-likeness (QED) is 0.454. The largest absolute Gasteiger partial charge is 0.790 e. The first-order chi connectivity index (χ1) is 4.99. The molecular formula is C4H9O6P-2. The standard InChI is InChI=1S/C4H11O6P/c5-1-4(2-6)3-10-11(7,8)9/h4-6H,1-3H2,(H2,7,8,9)/p-2. The second-order valence-electron chi connectivity index (χ2n) is 1.97. The Morgan fingerprint density at radius 2 is 1.82 bits per heavy atom. The minimum absolute atomic E-state index is 0.420. The number of rotatable bonds is 5.